The number of carbonyl (C=O) groups excluding carboxylic acids is 3. The molecule has 1 amide bonds. The molecule has 0 saturated carbocycles. The molecule has 7 heteroatoms. The van der Waals surface area contributed by atoms with Gasteiger partial charge in [0.15, 0.2) is 0 Å². The van der Waals surface area contributed by atoms with E-state index in [0.29, 0.717) is 0 Å². The molecule has 0 aromatic heterocycles. The SMILES string of the molecule is C=C[C-]=O.[CH2-]CNC(=O)OCCOC(=O)C(C)C=C(C)C.[U+2]. The number of nitrogens with one attached hydrogen (secondary N) is 1. The Hall–Kier alpha value is -1.06. The number of ether oxygens (including phenoxy) is 2. The van der Waals surface area contributed by atoms with Crippen LogP contribution in [-0.2, 0) is 19.1 Å². The van der Waals surface area contributed by atoms with E-state index in [2.05, 4.69) is 18.8 Å². The molecule has 0 bridgehead atoms. The minimum absolute atomic E-state index is 0. The van der Waals surface area contributed by atoms with E-state index < -0.39 is 6.09 Å². The van der Waals surface area contributed by atoms with Gasteiger partial charge in [0.25, 0.3) is 0 Å². The molecule has 1 N–H and O–H groups in total. The Labute approximate surface area is 156 Å². The van der Waals surface area contributed by atoms with Crippen LogP contribution < -0.4 is 5.32 Å². The van der Waals surface area contributed by atoms with Gasteiger partial charge >= 0.3 is 43.2 Å². The molecular formula is C15H23NO5U. The van der Waals surface area contributed by atoms with Crippen molar-refractivity contribution in [1.82, 2.24) is 5.32 Å². The topological polar surface area (TPSA) is 81.7 Å². The normalized spacial score (nSPS) is 9.64. The molecule has 0 aliphatic carbocycles. The summed E-state index contributed by atoms with van der Waals surface area (Å²) in [6.07, 6.45) is 3.77. The molecule has 0 aliphatic heterocycles. The van der Waals surface area contributed by atoms with Gasteiger partial charge in [-0.15, -0.1) is 6.54 Å². The number of hydrogen-bond donors (Lipinski definition) is 1. The number of alkyl carbamates (subject to hydrolysis) is 1. The molecule has 1 unspecified atom stereocenters. The molecule has 0 heterocycles. The average Bonchev–Trinajstić information content (AvgIpc) is 2.43. The number of allylic oxidation sites excluding steroid dienone is 2. The number of amides is 1. The number of rotatable bonds is 7. The largest absolute Gasteiger partial charge is 2.00 e. The summed E-state index contributed by atoms with van der Waals surface area (Å²) in [5.74, 6) is -0.610. The Balaban J connectivity index is -0.000000640. The van der Waals surface area contributed by atoms with Crippen LogP contribution in [0.3, 0.4) is 0 Å². The monoisotopic (exact) mass is 535 g/mol. The smallest absolute Gasteiger partial charge is 0.462 e. The third kappa shape index (κ3) is 18.9. The quantitative estimate of drug-likeness (QED) is 0.177. The molecule has 0 aliphatic rings. The summed E-state index contributed by atoms with van der Waals surface area (Å²) in [7, 11) is 0. The Bertz CT molecular complexity index is 359. The van der Waals surface area contributed by atoms with Crippen LogP contribution in [0.25, 0.3) is 0 Å². The Morgan fingerprint density at radius 3 is 2.23 bits per heavy atom. The van der Waals surface area contributed by atoms with Gasteiger partial charge in [0.05, 0.1) is 5.92 Å². The summed E-state index contributed by atoms with van der Waals surface area (Å²) in [5, 5.41) is 2.36. The summed E-state index contributed by atoms with van der Waals surface area (Å²) >= 11 is 0. The maximum Gasteiger partial charge on any atom is 2.00 e. The predicted molar refractivity (Wildman–Crippen MR) is 80.2 cm³/mol. The van der Waals surface area contributed by atoms with Crippen LogP contribution in [0.5, 0.6) is 0 Å². The summed E-state index contributed by atoms with van der Waals surface area (Å²) in [5.41, 5.74) is 1.06. The van der Waals surface area contributed by atoms with Gasteiger partial charge in [-0.05, 0) is 27.1 Å². The van der Waals surface area contributed by atoms with E-state index in [0.717, 1.165) is 11.6 Å². The van der Waals surface area contributed by atoms with Crippen LogP contribution in [0.4, 0.5) is 4.79 Å². The Kier molecular flexibility index (Phi) is 21.2. The molecule has 0 radical (unpaired) electrons. The maximum absolute atomic E-state index is 11.4. The fourth-order valence-corrected chi connectivity index (χ4v) is 1.13. The van der Waals surface area contributed by atoms with Crippen LogP contribution in [-0.4, -0.2) is 38.1 Å². The van der Waals surface area contributed by atoms with Crippen molar-refractivity contribution in [3.05, 3.63) is 31.2 Å². The number of esters is 1. The van der Waals surface area contributed by atoms with Crippen molar-refractivity contribution in [2.45, 2.75) is 20.8 Å². The van der Waals surface area contributed by atoms with Crippen LogP contribution in [0.15, 0.2) is 24.3 Å². The zero-order valence-electron chi connectivity index (χ0n) is 13.3. The molecule has 0 saturated heterocycles. The molecule has 0 fully saturated rings. The standard InChI is InChI=1S/C12H20NO4.C3H3O.U/c1-5-13-12(15)17-7-6-16-11(14)10(4)8-9(2)3;1-2-3-4;/h8,10H,1,5-7H2,2-4H3,(H,13,15);2H,1H2;/q2*-1;+2. The second-order valence-electron chi connectivity index (χ2n) is 4.08. The van der Waals surface area contributed by atoms with E-state index in [-0.39, 0.29) is 62.8 Å². The molecule has 122 valence electrons. The van der Waals surface area contributed by atoms with E-state index in [1.807, 2.05) is 19.9 Å². The first-order valence-electron chi connectivity index (χ1n) is 6.39. The Morgan fingerprint density at radius 1 is 1.32 bits per heavy atom. The van der Waals surface area contributed by atoms with Gasteiger partial charge in [0, 0.05) is 0 Å². The minimum atomic E-state index is -0.562. The second-order valence-corrected chi connectivity index (χ2v) is 4.08. The average molecular weight is 535 g/mol. The third-order valence-corrected chi connectivity index (χ3v) is 1.87. The van der Waals surface area contributed by atoms with Crippen molar-refractivity contribution in [3.63, 3.8) is 0 Å². The van der Waals surface area contributed by atoms with E-state index in [1.165, 1.54) is 6.29 Å². The summed E-state index contributed by atoms with van der Waals surface area (Å²) < 4.78 is 9.64. The molecule has 1 atom stereocenters. The van der Waals surface area contributed by atoms with Gasteiger partial charge in [-0.2, -0.15) is 0 Å². The summed E-state index contributed by atoms with van der Waals surface area (Å²) in [6, 6.07) is 0. The van der Waals surface area contributed by atoms with E-state index in [9.17, 15) is 9.59 Å². The first-order valence-corrected chi connectivity index (χ1v) is 6.39. The molecule has 6 nitrogen and oxygen atoms in total. The summed E-state index contributed by atoms with van der Waals surface area (Å²) in [4.78, 5) is 31.2. The fraction of sp³-hybridized carbons (Fsp3) is 0.467. The van der Waals surface area contributed by atoms with Crippen molar-refractivity contribution in [3.8, 4) is 0 Å². The van der Waals surface area contributed by atoms with Gasteiger partial charge in [-0.25, -0.2) is 17.4 Å². The van der Waals surface area contributed by atoms with Crippen molar-refractivity contribution < 1.29 is 55.0 Å². The van der Waals surface area contributed by atoms with E-state index in [4.69, 9.17) is 14.3 Å². The minimum Gasteiger partial charge on any atom is -0.462 e. The molecule has 0 aromatic carbocycles. The van der Waals surface area contributed by atoms with E-state index >= 15 is 0 Å². The number of carbonyl (C=O) groups is 2. The van der Waals surface area contributed by atoms with Crippen LogP contribution >= 0.6 is 0 Å². The van der Waals surface area contributed by atoms with Crippen LogP contribution in [0.2, 0.25) is 0 Å². The summed E-state index contributed by atoms with van der Waals surface area (Å²) in [6.45, 7) is 12.4. The predicted octanol–water partition coefficient (Wildman–Crippen LogP) is 1.97. The second kappa shape index (κ2) is 18.0. The van der Waals surface area contributed by atoms with Crippen molar-refractivity contribution in [1.29, 1.82) is 0 Å². The molecular weight excluding hydrogens is 512 g/mol. The van der Waals surface area contributed by atoms with Crippen LogP contribution in [0.1, 0.15) is 20.8 Å². The van der Waals surface area contributed by atoms with Crippen molar-refractivity contribution in [2.24, 2.45) is 5.92 Å². The zero-order valence-corrected chi connectivity index (χ0v) is 17.5. The molecule has 22 heavy (non-hydrogen) atoms. The molecule has 0 aromatic rings. The third-order valence-electron chi connectivity index (χ3n) is 1.87. The molecule has 0 rings (SSSR count). The molecule has 0 spiro atoms. The maximum atomic E-state index is 11.4. The van der Waals surface area contributed by atoms with E-state index in [1.54, 1.807) is 6.92 Å². The number of hydrogen-bond acceptors (Lipinski definition) is 5. The Morgan fingerprint density at radius 2 is 1.82 bits per heavy atom. The first kappa shape index (κ1) is 25.9. The van der Waals surface area contributed by atoms with Gasteiger partial charge in [-0.3, -0.25) is 4.79 Å². The first-order chi connectivity index (χ1) is 9.88. The van der Waals surface area contributed by atoms with Gasteiger partial charge in [-0.1, -0.05) is 11.6 Å². The van der Waals surface area contributed by atoms with Gasteiger partial charge in [0.2, 0.25) is 0 Å². The van der Waals surface area contributed by atoms with Crippen molar-refractivity contribution in [2.75, 3.05) is 19.8 Å². The van der Waals surface area contributed by atoms with Crippen LogP contribution in [0, 0.1) is 44.0 Å². The van der Waals surface area contributed by atoms with Gasteiger partial charge in [0.1, 0.15) is 13.2 Å². The fourth-order valence-electron chi connectivity index (χ4n) is 1.13. The van der Waals surface area contributed by atoms with Gasteiger partial charge < -0.3 is 26.5 Å². The zero-order chi connectivity index (χ0) is 16.7. The van der Waals surface area contributed by atoms with Crippen molar-refractivity contribution >= 4 is 18.3 Å².